The Morgan fingerprint density at radius 3 is 2.68 bits per heavy atom. The summed E-state index contributed by atoms with van der Waals surface area (Å²) in [6.07, 6.45) is 4.70. The van der Waals surface area contributed by atoms with Gasteiger partial charge in [-0.15, -0.1) is 5.10 Å². The Labute approximate surface area is 232 Å². The Balaban J connectivity index is 1.48. The third kappa shape index (κ3) is 4.70. The zero-order chi connectivity index (χ0) is 28.5. The maximum atomic E-state index is 14.1. The number of nitrogen functional groups attached to an aromatic ring is 1. The molecular formula is C30H22N8O3. The molecule has 4 heterocycles. The SMILES string of the molecule is C[C@H](NC(=O)c1c(N)nn2cccnc12)c1nc2cccc(C#Cc3cc[nH]c(=O)c3)c2c(=O)n1-c1ccccc1. The molecule has 0 fully saturated rings. The number of H-pyrrole nitrogens is 1. The van der Waals surface area contributed by atoms with Crippen LogP contribution in [0.5, 0.6) is 0 Å². The molecule has 41 heavy (non-hydrogen) atoms. The van der Waals surface area contributed by atoms with Gasteiger partial charge in [-0.3, -0.25) is 19.0 Å². The van der Waals surface area contributed by atoms with Crippen molar-refractivity contribution in [3.63, 3.8) is 0 Å². The first-order valence-corrected chi connectivity index (χ1v) is 12.6. The molecule has 1 atom stereocenters. The van der Waals surface area contributed by atoms with Crippen LogP contribution >= 0.6 is 0 Å². The van der Waals surface area contributed by atoms with Gasteiger partial charge in [0.25, 0.3) is 11.5 Å². The third-order valence-corrected chi connectivity index (χ3v) is 6.44. The molecule has 0 aliphatic carbocycles. The van der Waals surface area contributed by atoms with E-state index in [2.05, 4.69) is 32.2 Å². The predicted octanol–water partition coefficient (Wildman–Crippen LogP) is 2.59. The summed E-state index contributed by atoms with van der Waals surface area (Å²) < 4.78 is 2.89. The van der Waals surface area contributed by atoms with Gasteiger partial charge in [-0.2, -0.15) is 0 Å². The number of aromatic amines is 1. The minimum Gasteiger partial charge on any atom is -0.381 e. The summed E-state index contributed by atoms with van der Waals surface area (Å²) in [7, 11) is 0. The number of rotatable bonds is 4. The lowest BCUT2D eigenvalue weighted by atomic mass is 10.1. The average molecular weight is 543 g/mol. The first kappa shape index (κ1) is 25.3. The molecule has 0 saturated carbocycles. The monoisotopic (exact) mass is 542 g/mol. The molecule has 0 saturated heterocycles. The van der Waals surface area contributed by atoms with E-state index in [-0.39, 0.29) is 22.5 Å². The summed E-state index contributed by atoms with van der Waals surface area (Å²) in [4.78, 5) is 50.8. The van der Waals surface area contributed by atoms with Crippen molar-refractivity contribution < 1.29 is 4.79 Å². The van der Waals surface area contributed by atoms with Crippen molar-refractivity contribution in [1.82, 2.24) is 34.4 Å². The van der Waals surface area contributed by atoms with E-state index in [1.54, 1.807) is 61.8 Å². The van der Waals surface area contributed by atoms with Gasteiger partial charge in [0, 0.05) is 35.8 Å². The maximum Gasteiger partial charge on any atom is 0.267 e. The number of aromatic nitrogens is 6. The second kappa shape index (κ2) is 10.3. The number of carbonyl (C=O) groups excluding carboxylic acids is 1. The maximum absolute atomic E-state index is 14.1. The number of para-hydroxylation sites is 1. The standard InChI is InChI=1S/C30H22N8O3/c1-18(34-29(40)25-26(31)36-37-16-6-14-33-28(25)37)27-35-22-10-5-7-20(12-11-19-13-15-32-23(39)17-19)24(22)30(41)38(27)21-8-3-2-4-9-21/h2-10,13-18H,1H3,(H2,31,36)(H,32,39)(H,34,40)/t18-/m0/s1. The molecule has 0 radical (unpaired) electrons. The first-order chi connectivity index (χ1) is 19.9. The predicted molar refractivity (Wildman–Crippen MR) is 154 cm³/mol. The Morgan fingerprint density at radius 1 is 1.05 bits per heavy atom. The smallest absolute Gasteiger partial charge is 0.267 e. The van der Waals surface area contributed by atoms with Gasteiger partial charge in [-0.1, -0.05) is 36.1 Å². The normalized spacial score (nSPS) is 11.6. The minimum atomic E-state index is -0.719. The van der Waals surface area contributed by atoms with Gasteiger partial charge in [0.1, 0.15) is 11.4 Å². The lowest BCUT2D eigenvalue weighted by molar-refractivity contribution is 0.0940. The molecule has 0 bridgehead atoms. The van der Waals surface area contributed by atoms with Crippen LogP contribution in [0.3, 0.4) is 0 Å². The number of pyridine rings is 1. The van der Waals surface area contributed by atoms with Gasteiger partial charge < -0.3 is 16.0 Å². The summed E-state index contributed by atoms with van der Waals surface area (Å²) in [6.45, 7) is 1.73. The van der Waals surface area contributed by atoms with E-state index in [4.69, 9.17) is 10.7 Å². The van der Waals surface area contributed by atoms with Crippen LogP contribution in [0.2, 0.25) is 0 Å². The molecule has 0 spiro atoms. The van der Waals surface area contributed by atoms with Gasteiger partial charge in [0.15, 0.2) is 11.5 Å². The van der Waals surface area contributed by atoms with E-state index in [1.807, 2.05) is 18.2 Å². The Bertz CT molecular complexity index is 2140. The summed E-state index contributed by atoms with van der Waals surface area (Å²) in [5.41, 5.74) is 7.80. The van der Waals surface area contributed by atoms with Crippen LogP contribution in [0.1, 0.15) is 40.3 Å². The van der Waals surface area contributed by atoms with Crippen molar-refractivity contribution in [3.05, 3.63) is 129 Å². The van der Waals surface area contributed by atoms with Crippen LogP contribution in [0.4, 0.5) is 5.82 Å². The number of nitrogens with two attached hydrogens (primary N) is 1. The number of benzene rings is 2. The van der Waals surface area contributed by atoms with E-state index in [1.165, 1.54) is 21.3 Å². The number of carbonyl (C=O) groups is 1. The molecule has 6 rings (SSSR count). The number of amides is 1. The lowest BCUT2D eigenvalue weighted by Gasteiger charge is -2.20. The molecule has 1 amide bonds. The zero-order valence-electron chi connectivity index (χ0n) is 21.7. The van der Waals surface area contributed by atoms with Crippen LogP contribution in [0.25, 0.3) is 22.2 Å². The fourth-order valence-corrected chi connectivity index (χ4v) is 4.59. The summed E-state index contributed by atoms with van der Waals surface area (Å²) in [6, 6.07) is 18.2. The van der Waals surface area contributed by atoms with E-state index < -0.39 is 11.9 Å². The molecule has 11 heteroatoms. The van der Waals surface area contributed by atoms with E-state index in [9.17, 15) is 14.4 Å². The van der Waals surface area contributed by atoms with Gasteiger partial charge in [-0.25, -0.2) is 14.5 Å². The molecule has 6 aromatic rings. The largest absolute Gasteiger partial charge is 0.381 e. The fraction of sp³-hybridized carbons (Fsp3) is 0.0667. The van der Waals surface area contributed by atoms with Gasteiger partial charge in [0.05, 0.1) is 22.6 Å². The first-order valence-electron chi connectivity index (χ1n) is 12.6. The topological polar surface area (TPSA) is 153 Å². The van der Waals surface area contributed by atoms with E-state index >= 15 is 0 Å². The third-order valence-electron chi connectivity index (χ3n) is 6.44. The number of hydrogen-bond donors (Lipinski definition) is 3. The second-order valence-corrected chi connectivity index (χ2v) is 9.18. The zero-order valence-corrected chi connectivity index (χ0v) is 21.7. The molecule has 0 unspecified atom stereocenters. The van der Waals surface area contributed by atoms with Crippen molar-refractivity contribution >= 4 is 28.3 Å². The average Bonchev–Trinajstić information content (AvgIpc) is 3.32. The van der Waals surface area contributed by atoms with Crippen LogP contribution in [0, 0.1) is 11.8 Å². The summed E-state index contributed by atoms with van der Waals surface area (Å²) in [5.74, 6) is 5.81. The molecule has 11 nitrogen and oxygen atoms in total. The summed E-state index contributed by atoms with van der Waals surface area (Å²) >= 11 is 0. The van der Waals surface area contributed by atoms with E-state index in [0.29, 0.717) is 39.2 Å². The van der Waals surface area contributed by atoms with Crippen molar-refractivity contribution in [1.29, 1.82) is 0 Å². The molecule has 4 aromatic heterocycles. The second-order valence-electron chi connectivity index (χ2n) is 9.18. The molecule has 0 aliphatic rings. The van der Waals surface area contributed by atoms with Gasteiger partial charge >= 0.3 is 0 Å². The highest BCUT2D eigenvalue weighted by atomic mass is 16.2. The fourth-order valence-electron chi connectivity index (χ4n) is 4.59. The molecule has 200 valence electrons. The van der Waals surface area contributed by atoms with Crippen LogP contribution in [0.15, 0.2) is 94.9 Å². The van der Waals surface area contributed by atoms with Crippen LogP contribution in [-0.4, -0.2) is 35.0 Å². The highest BCUT2D eigenvalue weighted by Gasteiger charge is 2.24. The highest BCUT2D eigenvalue weighted by Crippen LogP contribution is 2.22. The number of hydrogen-bond acceptors (Lipinski definition) is 7. The van der Waals surface area contributed by atoms with Gasteiger partial charge in [0.2, 0.25) is 5.56 Å². The van der Waals surface area contributed by atoms with Crippen molar-refractivity contribution in [2.24, 2.45) is 0 Å². The van der Waals surface area contributed by atoms with Crippen molar-refractivity contribution in [3.8, 4) is 17.5 Å². The van der Waals surface area contributed by atoms with Crippen LogP contribution in [-0.2, 0) is 0 Å². The quantitative estimate of drug-likeness (QED) is 0.290. The number of nitrogens with zero attached hydrogens (tertiary/aromatic N) is 5. The van der Waals surface area contributed by atoms with Crippen LogP contribution < -0.4 is 22.2 Å². The lowest BCUT2D eigenvalue weighted by Crippen LogP contribution is -2.33. The Morgan fingerprint density at radius 2 is 1.88 bits per heavy atom. The van der Waals surface area contributed by atoms with Crippen molar-refractivity contribution in [2.45, 2.75) is 13.0 Å². The molecule has 2 aromatic carbocycles. The van der Waals surface area contributed by atoms with Gasteiger partial charge in [-0.05, 0) is 43.3 Å². The molecule has 0 aliphatic heterocycles. The number of nitrogens with one attached hydrogen (secondary N) is 2. The number of fused-ring (bicyclic) bond motifs is 2. The highest BCUT2D eigenvalue weighted by molar-refractivity contribution is 6.04. The number of anilines is 1. The van der Waals surface area contributed by atoms with E-state index in [0.717, 1.165) is 0 Å². The molecule has 4 N–H and O–H groups in total. The minimum absolute atomic E-state index is 0.0314. The Hall–Kier alpha value is -6.02. The Kier molecular flexibility index (Phi) is 6.33. The molecular weight excluding hydrogens is 520 g/mol. The summed E-state index contributed by atoms with van der Waals surface area (Å²) in [5, 5.41) is 7.37. The van der Waals surface area contributed by atoms with Crippen molar-refractivity contribution in [2.75, 3.05) is 5.73 Å².